The van der Waals surface area contributed by atoms with Crippen LogP contribution in [0.4, 0.5) is 5.69 Å². The fraction of sp³-hybridized carbons (Fsp3) is 0.211. The Morgan fingerprint density at radius 3 is 2.50 bits per heavy atom. The van der Waals surface area contributed by atoms with Crippen molar-refractivity contribution in [1.82, 2.24) is 9.78 Å². The van der Waals surface area contributed by atoms with E-state index in [1.807, 2.05) is 50.2 Å². The van der Waals surface area contributed by atoms with E-state index in [4.69, 9.17) is 0 Å². The van der Waals surface area contributed by atoms with Gasteiger partial charge in [-0.2, -0.15) is 5.10 Å². The Morgan fingerprint density at radius 2 is 1.79 bits per heavy atom. The Bertz CT molecular complexity index is 990. The summed E-state index contributed by atoms with van der Waals surface area (Å²) in [5.74, 6) is -0.158. The number of hydrogen-bond acceptors (Lipinski definition) is 3. The van der Waals surface area contributed by atoms with Crippen LogP contribution in [0.2, 0.25) is 0 Å². The van der Waals surface area contributed by atoms with Crippen molar-refractivity contribution >= 4 is 22.4 Å². The first kappa shape index (κ1) is 15.9. The predicted molar refractivity (Wildman–Crippen MR) is 95.2 cm³/mol. The second-order valence-corrected chi connectivity index (χ2v) is 5.95. The summed E-state index contributed by atoms with van der Waals surface area (Å²) in [5, 5.41) is 8.44. The van der Waals surface area contributed by atoms with E-state index in [1.165, 1.54) is 10.2 Å². The molecule has 0 atom stereocenters. The standard InChI is InChI=1S/C19H19N3O2/c1-12-8-9-14(10-13(12)2)20-18(23)11-17-15-6-4-5-7-16(15)19(24)22(3)21-17/h4-10H,11H2,1-3H3,(H,20,23). The van der Waals surface area contributed by atoms with Gasteiger partial charge in [0.15, 0.2) is 0 Å². The van der Waals surface area contributed by atoms with Crippen LogP contribution in [0.15, 0.2) is 47.3 Å². The highest BCUT2D eigenvalue weighted by Crippen LogP contribution is 2.16. The minimum atomic E-state index is -0.163. The minimum Gasteiger partial charge on any atom is -0.326 e. The summed E-state index contributed by atoms with van der Waals surface area (Å²) < 4.78 is 1.28. The number of aryl methyl sites for hydroxylation is 3. The third kappa shape index (κ3) is 3.06. The van der Waals surface area contributed by atoms with E-state index in [9.17, 15) is 9.59 Å². The zero-order valence-corrected chi connectivity index (χ0v) is 14.0. The molecule has 0 saturated carbocycles. The van der Waals surface area contributed by atoms with Gasteiger partial charge in [0.05, 0.1) is 17.5 Å². The summed E-state index contributed by atoms with van der Waals surface area (Å²) in [6.45, 7) is 4.04. The first-order valence-electron chi connectivity index (χ1n) is 7.78. The highest BCUT2D eigenvalue weighted by molar-refractivity contribution is 5.95. The van der Waals surface area contributed by atoms with E-state index < -0.39 is 0 Å². The molecule has 24 heavy (non-hydrogen) atoms. The van der Waals surface area contributed by atoms with Gasteiger partial charge in [0.1, 0.15) is 0 Å². The monoisotopic (exact) mass is 321 g/mol. The summed E-state index contributed by atoms with van der Waals surface area (Å²) >= 11 is 0. The van der Waals surface area contributed by atoms with Crippen LogP contribution in [0.1, 0.15) is 16.8 Å². The molecule has 122 valence electrons. The summed E-state index contributed by atoms with van der Waals surface area (Å²) in [4.78, 5) is 24.5. The minimum absolute atomic E-state index is 0.113. The molecule has 3 rings (SSSR count). The number of aromatic nitrogens is 2. The first-order chi connectivity index (χ1) is 11.5. The number of benzene rings is 2. The number of hydrogen-bond donors (Lipinski definition) is 1. The van der Waals surface area contributed by atoms with Gasteiger partial charge in [0, 0.05) is 18.1 Å². The van der Waals surface area contributed by atoms with Crippen molar-refractivity contribution in [3.05, 3.63) is 69.6 Å². The average molecular weight is 321 g/mol. The SMILES string of the molecule is Cc1ccc(NC(=O)Cc2nn(C)c(=O)c3ccccc23)cc1C. The van der Waals surface area contributed by atoms with Crippen molar-refractivity contribution in [3.63, 3.8) is 0 Å². The molecule has 0 aliphatic carbocycles. The maximum Gasteiger partial charge on any atom is 0.274 e. The first-order valence-corrected chi connectivity index (χ1v) is 7.78. The second-order valence-electron chi connectivity index (χ2n) is 5.95. The lowest BCUT2D eigenvalue weighted by molar-refractivity contribution is -0.115. The van der Waals surface area contributed by atoms with Crippen molar-refractivity contribution in [1.29, 1.82) is 0 Å². The van der Waals surface area contributed by atoms with Crippen molar-refractivity contribution in [3.8, 4) is 0 Å². The number of fused-ring (bicyclic) bond motifs is 1. The topological polar surface area (TPSA) is 64.0 Å². The van der Waals surface area contributed by atoms with E-state index in [0.717, 1.165) is 16.6 Å². The van der Waals surface area contributed by atoms with Gasteiger partial charge < -0.3 is 5.32 Å². The van der Waals surface area contributed by atoms with Crippen LogP contribution in [-0.4, -0.2) is 15.7 Å². The van der Waals surface area contributed by atoms with Gasteiger partial charge in [0.25, 0.3) is 5.56 Å². The molecule has 0 unspecified atom stereocenters. The van der Waals surface area contributed by atoms with E-state index in [2.05, 4.69) is 10.4 Å². The largest absolute Gasteiger partial charge is 0.326 e. The number of nitrogens with one attached hydrogen (secondary N) is 1. The number of carbonyl (C=O) groups excluding carboxylic acids is 1. The third-order valence-electron chi connectivity index (χ3n) is 4.15. The Morgan fingerprint density at radius 1 is 1.08 bits per heavy atom. The second kappa shape index (κ2) is 6.28. The van der Waals surface area contributed by atoms with E-state index >= 15 is 0 Å². The smallest absolute Gasteiger partial charge is 0.274 e. The van der Waals surface area contributed by atoms with Crippen LogP contribution in [0, 0.1) is 13.8 Å². The van der Waals surface area contributed by atoms with Gasteiger partial charge >= 0.3 is 0 Å². The molecule has 3 aromatic rings. The van der Waals surface area contributed by atoms with Gasteiger partial charge in [0.2, 0.25) is 5.91 Å². The normalized spacial score (nSPS) is 10.8. The molecule has 5 heteroatoms. The summed E-state index contributed by atoms with van der Waals surface area (Å²) in [6, 6.07) is 13.0. The maximum absolute atomic E-state index is 12.4. The molecule has 0 fully saturated rings. The Kier molecular flexibility index (Phi) is 4.16. The Hall–Kier alpha value is -2.95. The van der Waals surface area contributed by atoms with Crippen molar-refractivity contribution in [2.24, 2.45) is 7.05 Å². The molecule has 0 spiro atoms. The molecular weight excluding hydrogens is 302 g/mol. The van der Waals surface area contributed by atoms with Crippen molar-refractivity contribution in [2.45, 2.75) is 20.3 Å². The highest BCUT2D eigenvalue weighted by atomic mass is 16.1. The zero-order valence-electron chi connectivity index (χ0n) is 14.0. The van der Waals surface area contributed by atoms with Crippen LogP contribution in [-0.2, 0) is 18.3 Å². The fourth-order valence-electron chi connectivity index (χ4n) is 2.68. The van der Waals surface area contributed by atoms with Gasteiger partial charge in [-0.3, -0.25) is 9.59 Å². The van der Waals surface area contributed by atoms with E-state index in [1.54, 1.807) is 13.1 Å². The van der Waals surface area contributed by atoms with E-state index in [0.29, 0.717) is 11.1 Å². The molecule has 1 heterocycles. The third-order valence-corrected chi connectivity index (χ3v) is 4.15. The predicted octanol–water partition coefficient (Wildman–Crippen LogP) is 2.73. The van der Waals surface area contributed by atoms with Gasteiger partial charge in [-0.15, -0.1) is 0 Å². The lowest BCUT2D eigenvalue weighted by Gasteiger charge is -2.10. The summed E-state index contributed by atoms with van der Waals surface area (Å²) in [7, 11) is 1.60. The average Bonchev–Trinajstić information content (AvgIpc) is 2.56. The van der Waals surface area contributed by atoms with Crippen LogP contribution < -0.4 is 10.9 Å². The molecule has 0 bridgehead atoms. The maximum atomic E-state index is 12.4. The lowest BCUT2D eigenvalue weighted by Crippen LogP contribution is -2.24. The molecule has 1 amide bonds. The van der Waals surface area contributed by atoms with Crippen LogP contribution in [0.3, 0.4) is 0 Å². The number of carbonyl (C=O) groups is 1. The molecule has 0 aliphatic heterocycles. The number of nitrogens with zero attached hydrogens (tertiary/aromatic N) is 2. The van der Waals surface area contributed by atoms with Crippen molar-refractivity contribution < 1.29 is 4.79 Å². The zero-order chi connectivity index (χ0) is 17.3. The van der Waals surface area contributed by atoms with Gasteiger partial charge in [-0.05, 0) is 43.2 Å². The molecule has 0 radical (unpaired) electrons. The molecule has 0 saturated heterocycles. The number of amides is 1. The quantitative estimate of drug-likeness (QED) is 0.807. The van der Waals surface area contributed by atoms with Gasteiger partial charge in [-0.25, -0.2) is 4.68 Å². The van der Waals surface area contributed by atoms with E-state index in [-0.39, 0.29) is 17.9 Å². The van der Waals surface area contributed by atoms with Crippen molar-refractivity contribution in [2.75, 3.05) is 5.32 Å². The Balaban J connectivity index is 1.89. The van der Waals surface area contributed by atoms with Crippen LogP contribution in [0.25, 0.3) is 10.8 Å². The lowest BCUT2D eigenvalue weighted by atomic mass is 10.1. The molecule has 0 aliphatic rings. The molecule has 2 aromatic carbocycles. The number of anilines is 1. The molecule has 5 nitrogen and oxygen atoms in total. The summed E-state index contributed by atoms with van der Waals surface area (Å²) in [6.07, 6.45) is 0.113. The summed E-state index contributed by atoms with van der Waals surface area (Å²) in [5.41, 5.74) is 3.49. The molecule has 1 aromatic heterocycles. The molecule has 1 N–H and O–H groups in total. The Labute approximate surface area is 139 Å². The van der Waals surface area contributed by atoms with Crippen LogP contribution in [0.5, 0.6) is 0 Å². The highest BCUT2D eigenvalue weighted by Gasteiger charge is 2.12. The number of rotatable bonds is 3. The van der Waals surface area contributed by atoms with Crippen LogP contribution >= 0.6 is 0 Å². The van der Waals surface area contributed by atoms with Gasteiger partial charge in [-0.1, -0.05) is 24.3 Å². The fourth-order valence-corrected chi connectivity index (χ4v) is 2.68. The molecular formula is C19H19N3O2.